The molecule has 0 aliphatic heterocycles. The third-order valence-electron chi connectivity index (χ3n) is 3.85. The molecule has 0 aliphatic rings. The van der Waals surface area contributed by atoms with Crippen molar-refractivity contribution >= 4 is 38.5 Å². The first kappa shape index (κ1) is 24.6. The van der Waals surface area contributed by atoms with Gasteiger partial charge in [0.15, 0.2) is 10.9 Å². The second-order valence-electron chi connectivity index (χ2n) is 6.76. The number of Topliss-reactive ketones (excluding diaryl/α,β-unsaturated/α-hetero) is 1. The van der Waals surface area contributed by atoms with Crippen molar-refractivity contribution in [3.63, 3.8) is 0 Å². The topological polar surface area (TPSA) is 106 Å². The van der Waals surface area contributed by atoms with Crippen molar-refractivity contribution in [3.8, 4) is 5.75 Å². The van der Waals surface area contributed by atoms with Crippen LogP contribution in [0.1, 0.15) is 17.3 Å². The maximum absolute atomic E-state index is 12.6. The van der Waals surface area contributed by atoms with Crippen molar-refractivity contribution in [2.45, 2.75) is 11.8 Å². The molecule has 0 radical (unpaired) electrons. The molecule has 1 N–H and O–H groups in total. The number of hydrogen-bond acceptors (Lipinski definition) is 8. The van der Waals surface area contributed by atoms with Crippen molar-refractivity contribution in [3.05, 3.63) is 60.3 Å². The second kappa shape index (κ2) is 11.6. The zero-order chi connectivity index (χ0) is 22.9. The number of benzene rings is 1. The van der Waals surface area contributed by atoms with E-state index in [0.29, 0.717) is 17.9 Å². The highest BCUT2D eigenvalue weighted by Crippen LogP contribution is 2.19. The summed E-state index contributed by atoms with van der Waals surface area (Å²) in [6.07, 6.45) is 5.16. The van der Waals surface area contributed by atoms with E-state index in [9.17, 15) is 18.0 Å². The van der Waals surface area contributed by atoms with Crippen LogP contribution in [-0.4, -0.2) is 62.2 Å². The molecule has 1 aromatic carbocycles. The summed E-state index contributed by atoms with van der Waals surface area (Å²) < 4.78 is 33.0. The number of ether oxygens (including phenoxy) is 1. The maximum atomic E-state index is 12.6. The van der Waals surface area contributed by atoms with Crippen molar-refractivity contribution in [2.24, 2.45) is 0 Å². The third kappa shape index (κ3) is 8.52. The number of ketones is 1. The number of anilines is 1. The lowest BCUT2D eigenvalue weighted by molar-refractivity contribution is -0.109. The van der Waals surface area contributed by atoms with Gasteiger partial charge in [0.25, 0.3) is 10.0 Å². The van der Waals surface area contributed by atoms with Crippen LogP contribution in [0.5, 0.6) is 5.75 Å². The van der Waals surface area contributed by atoms with Gasteiger partial charge in [0.05, 0.1) is 10.6 Å². The maximum Gasteiger partial charge on any atom is 0.263 e. The molecule has 0 bridgehead atoms. The number of rotatable bonds is 11. The van der Waals surface area contributed by atoms with Crippen LogP contribution in [0.25, 0.3) is 0 Å². The molecule has 0 amide bonds. The van der Waals surface area contributed by atoms with Crippen molar-refractivity contribution in [1.29, 1.82) is 0 Å². The number of thioether (sulfide) groups is 1. The van der Waals surface area contributed by atoms with E-state index in [2.05, 4.69) is 9.71 Å². The minimum absolute atomic E-state index is 0.0158. The van der Waals surface area contributed by atoms with Gasteiger partial charge in [-0.25, -0.2) is 13.4 Å². The Morgan fingerprint density at radius 3 is 2.42 bits per heavy atom. The molecular formula is C21H25N3O5S2. The van der Waals surface area contributed by atoms with Crippen LogP contribution in [0.4, 0.5) is 5.82 Å². The monoisotopic (exact) mass is 463 g/mol. The molecule has 0 atom stereocenters. The first-order valence-electron chi connectivity index (χ1n) is 9.35. The molecule has 166 valence electrons. The fraction of sp³-hybridized carbons (Fsp3) is 0.286. The molecule has 2 rings (SSSR count). The van der Waals surface area contributed by atoms with E-state index in [0.717, 1.165) is 18.3 Å². The zero-order valence-corrected chi connectivity index (χ0v) is 19.2. The SMILES string of the molecule is CC(=O)SCC(=O)c1ccc(NS(=O)(=O)c2ccc(OC/C=C/CN(C)C)cc2)nc1. The van der Waals surface area contributed by atoms with Gasteiger partial charge in [-0.2, -0.15) is 0 Å². The van der Waals surface area contributed by atoms with Crippen LogP contribution < -0.4 is 9.46 Å². The number of aromatic nitrogens is 1. The molecule has 2 aromatic rings. The van der Waals surface area contributed by atoms with Crippen molar-refractivity contribution < 1.29 is 22.7 Å². The molecule has 8 nitrogen and oxygen atoms in total. The predicted octanol–water partition coefficient (Wildman–Crippen LogP) is 2.84. The standard InChI is InChI=1S/C21H25N3O5S2/c1-16(25)30-15-20(26)17-6-11-21(22-14-17)23-31(27,28)19-9-7-18(8-10-19)29-13-5-4-12-24(2)3/h4-11,14H,12-13,15H2,1-3H3,(H,22,23)/b5-4+. The molecule has 0 unspecified atom stereocenters. The molecular weight excluding hydrogens is 438 g/mol. The lowest BCUT2D eigenvalue weighted by Crippen LogP contribution is -2.14. The highest BCUT2D eigenvalue weighted by molar-refractivity contribution is 8.14. The number of sulfonamides is 1. The van der Waals surface area contributed by atoms with Crippen molar-refractivity contribution in [2.75, 3.05) is 37.7 Å². The van der Waals surface area contributed by atoms with Gasteiger partial charge < -0.3 is 9.64 Å². The molecule has 0 saturated heterocycles. The van der Waals surface area contributed by atoms with E-state index < -0.39 is 10.0 Å². The summed E-state index contributed by atoms with van der Waals surface area (Å²) in [7, 11) is 0.0954. The smallest absolute Gasteiger partial charge is 0.263 e. The van der Waals surface area contributed by atoms with E-state index in [1.807, 2.05) is 31.1 Å². The number of nitrogens with zero attached hydrogens (tertiary/aromatic N) is 2. The Morgan fingerprint density at radius 2 is 1.84 bits per heavy atom. The first-order valence-corrected chi connectivity index (χ1v) is 11.8. The van der Waals surface area contributed by atoms with Crippen LogP contribution >= 0.6 is 11.8 Å². The largest absolute Gasteiger partial charge is 0.490 e. The van der Waals surface area contributed by atoms with Crippen LogP contribution in [0, 0.1) is 0 Å². The molecule has 0 aliphatic carbocycles. The number of carbonyl (C=O) groups excluding carboxylic acids is 2. The van der Waals surface area contributed by atoms with Gasteiger partial charge in [-0.05, 0) is 50.5 Å². The summed E-state index contributed by atoms with van der Waals surface area (Å²) in [5.41, 5.74) is 0.304. The zero-order valence-electron chi connectivity index (χ0n) is 17.6. The summed E-state index contributed by atoms with van der Waals surface area (Å²) in [5, 5.41) is -0.150. The van der Waals surface area contributed by atoms with Crippen molar-refractivity contribution in [1.82, 2.24) is 9.88 Å². The average Bonchev–Trinajstić information content (AvgIpc) is 2.72. The Kier molecular flexibility index (Phi) is 9.22. The lowest BCUT2D eigenvalue weighted by atomic mass is 10.2. The Bertz CT molecular complexity index is 1020. The Hall–Kier alpha value is -2.69. The van der Waals surface area contributed by atoms with E-state index in [4.69, 9.17) is 4.74 Å². The normalized spacial score (nSPS) is 11.6. The van der Waals surface area contributed by atoms with E-state index in [1.165, 1.54) is 37.4 Å². The average molecular weight is 464 g/mol. The van der Waals surface area contributed by atoms with Gasteiger partial charge in [-0.15, -0.1) is 0 Å². The molecule has 31 heavy (non-hydrogen) atoms. The van der Waals surface area contributed by atoms with Crippen LogP contribution in [0.3, 0.4) is 0 Å². The minimum Gasteiger partial charge on any atom is -0.490 e. The third-order valence-corrected chi connectivity index (χ3v) is 6.03. The highest BCUT2D eigenvalue weighted by atomic mass is 32.2. The molecule has 10 heteroatoms. The Balaban J connectivity index is 1.95. The number of pyridine rings is 1. The molecule has 0 fully saturated rings. The van der Waals surface area contributed by atoms with E-state index >= 15 is 0 Å². The van der Waals surface area contributed by atoms with E-state index in [-0.39, 0.29) is 27.4 Å². The van der Waals surface area contributed by atoms with Crippen LogP contribution in [0.2, 0.25) is 0 Å². The number of hydrogen-bond donors (Lipinski definition) is 1. The second-order valence-corrected chi connectivity index (χ2v) is 9.59. The Labute approximate surface area is 186 Å². The van der Waals surface area contributed by atoms with Gasteiger partial charge in [0.1, 0.15) is 18.2 Å². The molecule has 0 spiro atoms. The summed E-state index contributed by atoms with van der Waals surface area (Å²) in [4.78, 5) is 29.0. The Morgan fingerprint density at radius 1 is 1.13 bits per heavy atom. The van der Waals surface area contributed by atoms with Gasteiger partial charge in [-0.1, -0.05) is 23.9 Å². The van der Waals surface area contributed by atoms with Gasteiger partial charge >= 0.3 is 0 Å². The number of carbonyl (C=O) groups is 2. The quantitative estimate of drug-likeness (QED) is 0.401. The van der Waals surface area contributed by atoms with Crippen LogP contribution in [-0.2, 0) is 14.8 Å². The number of likely N-dealkylation sites (N-methyl/N-ethyl adjacent to an activating group) is 1. The molecule has 0 saturated carbocycles. The van der Waals surface area contributed by atoms with Gasteiger partial charge in [-0.3, -0.25) is 14.3 Å². The summed E-state index contributed by atoms with van der Waals surface area (Å²) >= 11 is 0.911. The number of nitrogens with one attached hydrogen (secondary N) is 1. The lowest BCUT2D eigenvalue weighted by Gasteiger charge is -2.09. The summed E-state index contributed by atoms with van der Waals surface area (Å²) in [5.74, 6) is 0.399. The fourth-order valence-corrected chi connectivity index (χ4v) is 3.79. The summed E-state index contributed by atoms with van der Waals surface area (Å²) in [6, 6.07) is 8.91. The fourth-order valence-electron chi connectivity index (χ4n) is 2.28. The van der Waals surface area contributed by atoms with Gasteiger partial charge in [0.2, 0.25) is 0 Å². The highest BCUT2D eigenvalue weighted by Gasteiger charge is 2.16. The minimum atomic E-state index is -3.84. The van der Waals surface area contributed by atoms with E-state index in [1.54, 1.807) is 12.1 Å². The summed E-state index contributed by atoms with van der Waals surface area (Å²) in [6.45, 7) is 2.58. The van der Waals surface area contributed by atoms with Crippen LogP contribution in [0.15, 0.2) is 59.6 Å². The molecule has 1 heterocycles. The van der Waals surface area contributed by atoms with Gasteiger partial charge in [0, 0.05) is 25.2 Å². The molecule has 1 aromatic heterocycles. The first-order chi connectivity index (χ1) is 14.7. The predicted molar refractivity (Wildman–Crippen MR) is 122 cm³/mol.